The van der Waals surface area contributed by atoms with Crippen LogP contribution < -0.4 is 61.5 Å². The molecule has 0 bridgehead atoms. The number of allylic oxidation sites excluding steroid dienone is 8. The number of rotatable bonds is 24. The summed E-state index contributed by atoms with van der Waals surface area (Å²) in [6, 6.07) is 10.4. The van der Waals surface area contributed by atoms with Gasteiger partial charge in [0.2, 0.25) is 15.7 Å². The number of amides is 2. The minimum Gasteiger partial charge on any atom is -0.748 e. The van der Waals surface area contributed by atoms with Gasteiger partial charge in [0, 0.05) is 109 Å². The van der Waals surface area contributed by atoms with Crippen LogP contribution in [0.5, 0.6) is 0 Å². The molecular weight excluding hydrogens is 968 g/mol. The molecule has 354 valence electrons. The Labute approximate surface area is 435 Å². The molecule has 1 saturated heterocycles. The summed E-state index contributed by atoms with van der Waals surface area (Å²) < 4.78 is 74.0. The molecule has 3 aliphatic rings. The van der Waals surface area contributed by atoms with Crippen molar-refractivity contribution in [2.45, 2.75) is 86.8 Å². The standard InChI is InChI=1S/C42H52N4O15S4.K/c1-41(2)32-28-30(63-61-59-51)17-19-34(32)45(25-13-27-64(52,53)54)36(41)14-9-7-6-8-10-15-37-42(3,4)33-29-31(18-20-35(33)44(37)24-12-26-62-60-58-50)65(55,56)43(5)23-11-16-40(49)57-46-38(47)21-22-39(46)48;/h6-10,14-15,17-20,28-29H,11-13,16,21-27H2,1-5H3,(H2-,50,51,52,53,54);/q;+1/p-1. The maximum Gasteiger partial charge on any atom is 1.00 e. The summed E-state index contributed by atoms with van der Waals surface area (Å²) in [4.78, 5) is 43.5. The number of anilines is 1. The van der Waals surface area contributed by atoms with E-state index in [2.05, 4.69) is 23.6 Å². The number of carbonyl (C=O) groups excluding carboxylic acids is 3. The summed E-state index contributed by atoms with van der Waals surface area (Å²) >= 11 is 1.69. The Morgan fingerprint density at radius 1 is 0.924 bits per heavy atom. The van der Waals surface area contributed by atoms with Crippen LogP contribution in [0.25, 0.3) is 0 Å². The maximum atomic E-state index is 13.8. The van der Waals surface area contributed by atoms with Gasteiger partial charge in [0.25, 0.3) is 11.8 Å². The number of carbonyl (C=O) groups is 3. The second-order valence-electron chi connectivity index (χ2n) is 16.1. The van der Waals surface area contributed by atoms with Gasteiger partial charge in [0.05, 0.1) is 32.5 Å². The van der Waals surface area contributed by atoms with Crippen LogP contribution in [0.1, 0.15) is 77.3 Å². The molecule has 2 aromatic rings. The van der Waals surface area contributed by atoms with Crippen LogP contribution in [-0.4, -0.2) is 102 Å². The van der Waals surface area contributed by atoms with Gasteiger partial charge in [-0.25, -0.2) is 31.2 Å². The second kappa shape index (κ2) is 24.8. The fourth-order valence-electron chi connectivity index (χ4n) is 7.83. The fourth-order valence-corrected chi connectivity index (χ4v) is 10.3. The third kappa shape index (κ3) is 14.0. The van der Waals surface area contributed by atoms with Gasteiger partial charge in [0.1, 0.15) is 6.54 Å². The molecular formula is C42H51KN4O15S4. The van der Waals surface area contributed by atoms with Gasteiger partial charge >= 0.3 is 57.4 Å². The predicted octanol–water partition coefficient (Wildman–Crippen LogP) is 2.05. The minimum absolute atomic E-state index is 0. The van der Waals surface area contributed by atoms with E-state index in [4.69, 9.17) is 10.1 Å². The first kappa shape index (κ1) is 56.0. The molecule has 3 heterocycles. The molecule has 0 atom stereocenters. The van der Waals surface area contributed by atoms with E-state index in [-0.39, 0.29) is 101 Å². The van der Waals surface area contributed by atoms with Gasteiger partial charge in [-0.05, 0) is 68.7 Å². The molecule has 0 aliphatic carbocycles. The van der Waals surface area contributed by atoms with E-state index in [1.807, 2.05) is 86.9 Å². The molecule has 5 rings (SSSR count). The van der Waals surface area contributed by atoms with Crippen LogP contribution in [-0.2, 0) is 68.9 Å². The Kier molecular flexibility index (Phi) is 21.0. The third-order valence-electron chi connectivity index (χ3n) is 11.1. The number of hydroxylamine groups is 2. The Balaban J connectivity index is 0.00000952. The van der Waals surface area contributed by atoms with Gasteiger partial charge in [-0.3, -0.25) is 14.6 Å². The van der Waals surface area contributed by atoms with E-state index in [0.717, 1.165) is 62.3 Å². The first-order chi connectivity index (χ1) is 30.7. The van der Waals surface area contributed by atoms with Crippen molar-refractivity contribution in [3.8, 4) is 0 Å². The van der Waals surface area contributed by atoms with Crippen molar-refractivity contribution in [2.24, 2.45) is 0 Å². The maximum absolute atomic E-state index is 13.8. The van der Waals surface area contributed by atoms with Crippen molar-refractivity contribution in [2.75, 3.05) is 43.1 Å². The van der Waals surface area contributed by atoms with Gasteiger partial charge in [-0.1, -0.05) is 49.3 Å². The molecule has 0 unspecified atom stereocenters. The number of hydrogen-bond acceptors (Lipinski definition) is 18. The van der Waals surface area contributed by atoms with Crippen LogP contribution in [0, 0.1) is 0 Å². The number of fused-ring (bicyclic) bond motifs is 2. The van der Waals surface area contributed by atoms with Crippen molar-refractivity contribution in [3.63, 3.8) is 0 Å². The molecule has 2 amide bonds. The number of sulfonamides is 1. The SMILES string of the molecule is CN(CCCC(=O)ON1C(=O)CCC1=O)S(=O)(=O)c1ccc2c(c1)C(C)(C)\C(=C/C=C/C=C/C=C/C1=[N+](CCCS(=O)(=O)[O-])c3ccc(SOO[O-])cc3C1(C)C)N2CCCSOOO.[K+]. The predicted molar refractivity (Wildman–Crippen MR) is 237 cm³/mol. The molecule has 3 aliphatic heterocycles. The van der Waals surface area contributed by atoms with Crippen LogP contribution >= 0.6 is 24.1 Å². The van der Waals surface area contributed by atoms with Gasteiger partial charge in [0.15, 0.2) is 5.71 Å². The summed E-state index contributed by atoms with van der Waals surface area (Å²) in [5, 5.41) is 26.7. The van der Waals surface area contributed by atoms with Crippen LogP contribution in [0.15, 0.2) is 94.4 Å². The first-order valence-electron chi connectivity index (χ1n) is 20.4. The first-order valence-corrected chi connectivity index (χ1v) is 25.0. The Bertz CT molecular complexity index is 2480. The van der Waals surface area contributed by atoms with Crippen LogP contribution in [0.3, 0.4) is 0 Å². The van der Waals surface area contributed by atoms with E-state index in [1.165, 1.54) is 13.1 Å². The monoisotopic (exact) mass is 1020 g/mol. The normalized spacial score (nSPS) is 17.6. The van der Waals surface area contributed by atoms with Crippen molar-refractivity contribution >= 4 is 79.1 Å². The summed E-state index contributed by atoms with van der Waals surface area (Å²) in [6.45, 7) is 8.76. The zero-order chi connectivity index (χ0) is 47.6. The number of imide groups is 1. The summed E-state index contributed by atoms with van der Waals surface area (Å²) in [5.41, 5.74) is 3.81. The Morgan fingerprint density at radius 2 is 1.62 bits per heavy atom. The largest absolute Gasteiger partial charge is 1.00 e. The molecule has 66 heavy (non-hydrogen) atoms. The molecule has 19 nitrogen and oxygen atoms in total. The average molecular weight is 1020 g/mol. The summed E-state index contributed by atoms with van der Waals surface area (Å²) in [6.07, 6.45) is 13.6. The zero-order valence-corrected chi connectivity index (χ0v) is 43.8. The molecule has 1 fully saturated rings. The fraction of sp³-hybridized carbons (Fsp3) is 0.429. The molecule has 24 heteroatoms. The van der Waals surface area contributed by atoms with E-state index in [9.17, 15) is 41.0 Å². The summed E-state index contributed by atoms with van der Waals surface area (Å²) in [5.74, 6) is -2.06. The van der Waals surface area contributed by atoms with Gasteiger partial charge in [-0.2, -0.15) is 8.91 Å². The van der Waals surface area contributed by atoms with Crippen molar-refractivity contribution in [3.05, 3.63) is 95.8 Å². The topological polar surface area (TPSA) is 245 Å². The number of benzene rings is 2. The smallest absolute Gasteiger partial charge is 0.748 e. The molecule has 0 aromatic heterocycles. The second-order valence-corrected chi connectivity index (χ2v) is 21.2. The minimum atomic E-state index is -4.41. The van der Waals surface area contributed by atoms with E-state index in [0.29, 0.717) is 28.7 Å². The third-order valence-corrected chi connectivity index (χ3v) is 14.9. The molecule has 2 aromatic carbocycles. The molecule has 1 N–H and O–H groups in total. The number of nitrogens with zero attached hydrogens (tertiary/aromatic N) is 4. The Hall–Kier alpha value is -2.60. The van der Waals surface area contributed by atoms with Crippen molar-refractivity contribution in [1.82, 2.24) is 9.37 Å². The molecule has 0 radical (unpaired) electrons. The summed E-state index contributed by atoms with van der Waals surface area (Å²) in [7, 11) is -7.02. The van der Waals surface area contributed by atoms with Crippen molar-refractivity contribution < 1.29 is 126 Å². The van der Waals surface area contributed by atoms with Crippen molar-refractivity contribution in [1.29, 1.82) is 0 Å². The van der Waals surface area contributed by atoms with Gasteiger partial charge in [-0.15, -0.1) is 9.40 Å². The van der Waals surface area contributed by atoms with E-state index in [1.54, 1.807) is 18.2 Å². The zero-order valence-electron chi connectivity index (χ0n) is 37.4. The van der Waals surface area contributed by atoms with Crippen LogP contribution in [0.2, 0.25) is 0 Å². The van der Waals surface area contributed by atoms with E-state index >= 15 is 0 Å². The van der Waals surface area contributed by atoms with Crippen LogP contribution in [0.4, 0.5) is 11.4 Å². The number of hydrogen-bond donors (Lipinski definition) is 1. The average Bonchev–Trinajstić information content (AvgIpc) is 3.76. The quantitative estimate of drug-likeness (QED) is 0.0182. The molecule has 0 spiro atoms. The Morgan fingerprint density at radius 3 is 2.30 bits per heavy atom. The van der Waals surface area contributed by atoms with E-state index < -0.39 is 54.5 Å². The molecule has 0 saturated carbocycles. The van der Waals surface area contributed by atoms with Gasteiger partial charge < -0.3 is 19.5 Å².